The van der Waals surface area contributed by atoms with Crippen molar-refractivity contribution in [3.63, 3.8) is 0 Å². The van der Waals surface area contributed by atoms with Gasteiger partial charge in [0.05, 0.1) is 0 Å². The van der Waals surface area contributed by atoms with Crippen molar-refractivity contribution < 1.29 is 8.78 Å². The van der Waals surface area contributed by atoms with Gasteiger partial charge in [-0.05, 0) is 17.7 Å². The van der Waals surface area contributed by atoms with Gasteiger partial charge in [0.1, 0.15) is 0 Å². The SMILES string of the molecule is NNc1nc(NCc2ccc(Br)cc2)c(F)cc1F. The number of nitrogen functional groups attached to an aromatic ring is 1. The van der Waals surface area contributed by atoms with Gasteiger partial charge in [-0.25, -0.2) is 19.6 Å². The summed E-state index contributed by atoms with van der Waals surface area (Å²) in [5.41, 5.74) is 3.01. The van der Waals surface area contributed by atoms with Gasteiger partial charge in [0.25, 0.3) is 0 Å². The highest BCUT2D eigenvalue weighted by Crippen LogP contribution is 2.19. The lowest BCUT2D eigenvalue weighted by molar-refractivity contribution is 0.578. The number of rotatable bonds is 4. The quantitative estimate of drug-likeness (QED) is 0.596. The molecule has 1 heterocycles. The standard InChI is InChI=1S/C12H11BrF2N4/c13-8-3-1-7(2-4-8)6-17-11-9(14)5-10(15)12(18-11)19-16/h1-5H,6,16H2,(H2,17,18,19). The average molecular weight is 329 g/mol. The second-order valence-electron chi connectivity index (χ2n) is 3.77. The van der Waals surface area contributed by atoms with Crippen LogP contribution in [0.15, 0.2) is 34.8 Å². The molecule has 0 aliphatic rings. The Bertz CT molecular complexity index is 575. The number of hydrazine groups is 1. The van der Waals surface area contributed by atoms with E-state index in [2.05, 4.69) is 31.7 Å². The van der Waals surface area contributed by atoms with Crippen LogP contribution in [0.4, 0.5) is 20.4 Å². The molecule has 0 aliphatic heterocycles. The minimum absolute atomic E-state index is 0.0581. The largest absolute Gasteiger partial charge is 0.363 e. The third kappa shape index (κ3) is 3.39. The predicted molar refractivity (Wildman–Crippen MR) is 73.4 cm³/mol. The molecule has 0 unspecified atom stereocenters. The number of benzene rings is 1. The number of pyridine rings is 1. The first-order valence-corrected chi connectivity index (χ1v) is 6.20. The lowest BCUT2D eigenvalue weighted by Crippen LogP contribution is -2.13. The van der Waals surface area contributed by atoms with Crippen LogP contribution in [0.3, 0.4) is 0 Å². The monoisotopic (exact) mass is 328 g/mol. The Morgan fingerprint density at radius 1 is 1.11 bits per heavy atom. The summed E-state index contributed by atoms with van der Waals surface area (Å²) in [5.74, 6) is 3.21. The zero-order valence-electron chi connectivity index (χ0n) is 9.75. The normalized spacial score (nSPS) is 10.3. The molecular formula is C12H11BrF2N4. The molecular weight excluding hydrogens is 318 g/mol. The topological polar surface area (TPSA) is 63.0 Å². The van der Waals surface area contributed by atoms with Gasteiger partial charge in [-0.1, -0.05) is 28.1 Å². The second-order valence-corrected chi connectivity index (χ2v) is 4.69. The molecule has 0 fully saturated rings. The van der Waals surface area contributed by atoms with Gasteiger partial charge in [-0.3, -0.25) is 0 Å². The van der Waals surface area contributed by atoms with Crippen LogP contribution >= 0.6 is 15.9 Å². The van der Waals surface area contributed by atoms with E-state index in [0.29, 0.717) is 6.54 Å². The molecule has 1 aromatic carbocycles. The van der Waals surface area contributed by atoms with E-state index < -0.39 is 11.6 Å². The first kappa shape index (κ1) is 13.7. The van der Waals surface area contributed by atoms with Gasteiger partial charge in [0, 0.05) is 17.1 Å². The number of anilines is 2. The van der Waals surface area contributed by atoms with Crippen LogP contribution in [0.2, 0.25) is 0 Å². The number of hydrogen-bond donors (Lipinski definition) is 3. The van der Waals surface area contributed by atoms with Crippen molar-refractivity contribution in [1.82, 2.24) is 4.98 Å². The molecule has 0 saturated carbocycles. The Kier molecular flexibility index (Phi) is 4.28. The van der Waals surface area contributed by atoms with Crippen LogP contribution in [-0.4, -0.2) is 4.98 Å². The number of hydrogen-bond acceptors (Lipinski definition) is 4. The smallest absolute Gasteiger partial charge is 0.178 e. The molecule has 2 aromatic rings. The molecule has 2 rings (SSSR count). The van der Waals surface area contributed by atoms with E-state index in [1.54, 1.807) is 0 Å². The van der Waals surface area contributed by atoms with Gasteiger partial charge in [0.2, 0.25) is 0 Å². The first-order valence-electron chi connectivity index (χ1n) is 5.41. The van der Waals surface area contributed by atoms with Gasteiger partial charge in [-0.15, -0.1) is 0 Å². The summed E-state index contributed by atoms with van der Waals surface area (Å²) >= 11 is 3.32. The molecule has 4 nitrogen and oxygen atoms in total. The summed E-state index contributed by atoms with van der Waals surface area (Å²) in [7, 11) is 0. The fraction of sp³-hybridized carbons (Fsp3) is 0.0833. The van der Waals surface area contributed by atoms with E-state index >= 15 is 0 Å². The Labute approximate surface area is 117 Å². The number of nitrogens with two attached hydrogens (primary N) is 1. The molecule has 7 heteroatoms. The molecule has 4 N–H and O–H groups in total. The fourth-order valence-electron chi connectivity index (χ4n) is 1.48. The maximum absolute atomic E-state index is 13.5. The van der Waals surface area contributed by atoms with E-state index in [-0.39, 0.29) is 11.6 Å². The third-order valence-corrected chi connectivity index (χ3v) is 2.97. The summed E-state index contributed by atoms with van der Waals surface area (Å²) in [6, 6.07) is 8.23. The zero-order chi connectivity index (χ0) is 13.8. The highest BCUT2D eigenvalue weighted by Gasteiger charge is 2.10. The fourth-order valence-corrected chi connectivity index (χ4v) is 1.74. The predicted octanol–water partition coefficient (Wildman–Crippen LogP) is 3.02. The molecule has 0 atom stereocenters. The molecule has 19 heavy (non-hydrogen) atoms. The summed E-state index contributed by atoms with van der Waals surface area (Å²) in [4.78, 5) is 3.72. The van der Waals surface area contributed by atoms with Gasteiger partial charge < -0.3 is 10.7 Å². The summed E-state index contributed by atoms with van der Waals surface area (Å²) in [6.45, 7) is 0.368. The molecule has 100 valence electrons. The minimum Gasteiger partial charge on any atom is -0.363 e. The van der Waals surface area contributed by atoms with E-state index in [1.807, 2.05) is 24.3 Å². The van der Waals surface area contributed by atoms with Crippen LogP contribution in [0.1, 0.15) is 5.56 Å². The van der Waals surface area contributed by atoms with Crippen molar-refractivity contribution in [3.8, 4) is 0 Å². The van der Waals surface area contributed by atoms with Gasteiger partial charge >= 0.3 is 0 Å². The molecule has 0 amide bonds. The summed E-state index contributed by atoms with van der Waals surface area (Å²) in [6.07, 6.45) is 0. The number of aromatic nitrogens is 1. The Morgan fingerprint density at radius 3 is 2.37 bits per heavy atom. The number of nitrogens with one attached hydrogen (secondary N) is 2. The van der Waals surface area contributed by atoms with Crippen LogP contribution in [0.5, 0.6) is 0 Å². The minimum atomic E-state index is -0.839. The van der Waals surface area contributed by atoms with Gasteiger partial charge in [-0.2, -0.15) is 0 Å². The van der Waals surface area contributed by atoms with E-state index in [0.717, 1.165) is 16.1 Å². The average Bonchev–Trinajstić information content (AvgIpc) is 2.40. The first-order chi connectivity index (χ1) is 9.10. The zero-order valence-corrected chi connectivity index (χ0v) is 11.3. The molecule has 0 spiro atoms. The molecule has 0 radical (unpaired) electrons. The van der Waals surface area contributed by atoms with E-state index in [1.165, 1.54) is 0 Å². The molecule has 0 aliphatic carbocycles. The number of halogens is 3. The van der Waals surface area contributed by atoms with Crippen LogP contribution in [0.25, 0.3) is 0 Å². The second kappa shape index (κ2) is 5.94. The van der Waals surface area contributed by atoms with Crippen LogP contribution in [-0.2, 0) is 6.54 Å². The van der Waals surface area contributed by atoms with Crippen molar-refractivity contribution in [2.24, 2.45) is 5.84 Å². The van der Waals surface area contributed by atoms with Crippen molar-refractivity contribution in [1.29, 1.82) is 0 Å². The molecule has 1 aromatic heterocycles. The maximum Gasteiger partial charge on any atom is 0.178 e. The van der Waals surface area contributed by atoms with E-state index in [9.17, 15) is 8.78 Å². The van der Waals surface area contributed by atoms with Crippen molar-refractivity contribution in [3.05, 3.63) is 52.0 Å². The van der Waals surface area contributed by atoms with Crippen LogP contribution < -0.4 is 16.6 Å². The number of nitrogens with zero attached hydrogens (tertiary/aromatic N) is 1. The lowest BCUT2D eigenvalue weighted by atomic mass is 10.2. The Morgan fingerprint density at radius 2 is 1.74 bits per heavy atom. The van der Waals surface area contributed by atoms with Gasteiger partial charge in [0.15, 0.2) is 23.3 Å². The summed E-state index contributed by atoms with van der Waals surface area (Å²) < 4.78 is 27.6. The summed E-state index contributed by atoms with van der Waals surface area (Å²) in [5, 5.41) is 2.79. The highest BCUT2D eigenvalue weighted by atomic mass is 79.9. The third-order valence-electron chi connectivity index (χ3n) is 2.44. The molecule has 0 saturated heterocycles. The van der Waals surface area contributed by atoms with Crippen molar-refractivity contribution in [2.75, 3.05) is 10.7 Å². The Hall–Kier alpha value is -1.73. The van der Waals surface area contributed by atoms with Crippen molar-refractivity contribution in [2.45, 2.75) is 6.54 Å². The highest BCUT2D eigenvalue weighted by molar-refractivity contribution is 9.10. The Balaban J connectivity index is 2.13. The maximum atomic E-state index is 13.5. The van der Waals surface area contributed by atoms with Crippen LogP contribution in [0, 0.1) is 11.6 Å². The lowest BCUT2D eigenvalue weighted by Gasteiger charge is -2.09. The van der Waals surface area contributed by atoms with E-state index in [4.69, 9.17) is 5.84 Å². The van der Waals surface area contributed by atoms with Crippen molar-refractivity contribution >= 4 is 27.6 Å². The molecule has 0 bridgehead atoms.